The predicted octanol–water partition coefficient (Wildman–Crippen LogP) is 13.2. The number of thiophene rings is 2. The molecular weight excluding hydrogens is 1120 g/mol. The zero-order valence-electron chi connectivity index (χ0n) is 43.6. The maximum atomic E-state index is 13.5. The van der Waals surface area contributed by atoms with Crippen molar-refractivity contribution in [1.29, 1.82) is 0 Å². The number of carbonyl (C=O) groups is 5. The van der Waals surface area contributed by atoms with Crippen molar-refractivity contribution in [1.82, 2.24) is 9.13 Å². The molecule has 6 heterocycles. The number of aromatic nitrogens is 2. The molecule has 10 rings (SSSR count). The number of benzene rings is 4. The van der Waals surface area contributed by atoms with Crippen LogP contribution in [0.1, 0.15) is 109 Å². The van der Waals surface area contributed by atoms with Gasteiger partial charge >= 0.3 is 0 Å². The Balaban J connectivity index is 0.000000228. The highest BCUT2D eigenvalue weighted by Crippen LogP contribution is 2.35. The number of anilines is 2. The Bertz CT molecular complexity index is 3820. The largest absolute Gasteiger partial charge is 0.397 e. The van der Waals surface area contributed by atoms with Crippen LogP contribution in [0, 0.1) is 34.9 Å². The first-order chi connectivity index (χ1) is 39.5. The van der Waals surface area contributed by atoms with E-state index in [-0.39, 0.29) is 85.6 Å². The molecule has 4 aromatic heterocycles. The SMILES string of the molecule is C.CCO.O=C1Cc2ccc(/C=C/CCC(=O)c3cccn(Cc4cc(F)c(F)c(F)c4)c3=O)cc2N1.O=C1Nc2cc(/C=C/CCC(=O)c3cccn(Cc4cc(F)c(F)c(F)c4)c3=O)ccc2/C1=C/c1cccs1.O=Cc1cccs1. The summed E-state index contributed by atoms with van der Waals surface area (Å²) in [4.78, 5) is 86.3. The molecule has 0 spiro atoms. The van der Waals surface area contributed by atoms with Gasteiger partial charge in [0.15, 0.2) is 52.8 Å². The Morgan fingerprint density at radius 1 is 0.614 bits per heavy atom. The number of allylic oxidation sites excluding steroid dienone is 2. The first kappa shape index (κ1) is 63.1. The van der Waals surface area contributed by atoms with E-state index < -0.39 is 46.0 Å². The fourth-order valence-corrected chi connectivity index (χ4v) is 9.53. The summed E-state index contributed by atoms with van der Waals surface area (Å²) < 4.78 is 82.6. The van der Waals surface area contributed by atoms with E-state index in [4.69, 9.17) is 5.11 Å². The summed E-state index contributed by atoms with van der Waals surface area (Å²) in [7, 11) is 0. The number of aliphatic hydroxyl groups excluding tert-OH is 1. The van der Waals surface area contributed by atoms with Gasteiger partial charge in [0.1, 0.15) is 0 Å². The van der Waals surface area contributed by atoms with Crippen LogP contribution in [0.25, 0.3) is 23.8 Å². The van der Waals surface area contributed by atoms with E-state index >= 15 is 0 Å². The van der Waals surface area contributed by atoms with Gasteiger partial charge in [-0.25, -0.2) is 26.3 Å². The van der Waals surface area contributed by atoms with Gasteiger partial charge in [0, 0.05) is 53.7 Å². The number of pyridine rings is 2. The highest BCUT2D eigenvalue weighted by Gasteiger charge is 2.24. The lowest BCUT2D eigenvalue weighted by Gasteiger charge is -2.08. The van der Waals surface area contributed by atoms with E-state index in [9.17, 15) is 59.9 Å². The zero-order chi connectivity index (χ0) is 58.9. The first-order valence-electron chi connectivity index (χ1n) is 25.2. The van der Waals surface area contributed by atoms with Crippen LogP contribution < -0.4 is 21.8 Å². The first-order valence-corrected chi connectivity index (χ1v) is 27.0. The Morgan fingerprint density at radius 2 is 1.08 bits per heavy atom. The van der Waals surface area contributed by atoms with Crippen LogP contribution in [0.4, 0.5) is 37.7 Å². The van der Waals surface area contributed by atoms with Crippen molar-refractivity contribution in [2.24, 2.45) is 0 Å². The Labute approximate surface area is 481 Å². The van der Waals surface area contributed by atoms with Crippen LogP contribution in [-0.4, -0.2) is 50.5 Å². The van der Waals surface area contributed by atoms with Crippen molar-refractivity contribution in [3.8, 4) is 0 Å². The molecule has 428 valence electrons. The molecule has 4 aromatic carbocycles. The number of Topliss-reactive ketones (excluding diaryl/α,β-unsaturated/α-hetero) is 2. The summed E-state index contributed by atoms with van der Waals surface area (Å²) in [5.74, 6) is -9.48. The van der Waals surface area contributed by atoms with Crippen molar-refractivity contribution in [3.05, 3.63) is 254 Å². The van der Waals surface area contributed by atoms with Gasteiger partial charge in [0.25, 0.3) is 17.0 Å². The van der Waals surface area contributed by atoms with Crippen LogP contribution in [0.5, 0.6) is 0 Å². The number of hydrogen-bond donors (Lipinski definition) is 3. The predicted molar refractivity (Wildman–Crippen MR) is 313 cm³/mol. The van der Waals surface area contributed by atoms with Gasteiger partial charge in [-0.1, -0.05) is 68.1 Å². The van der Waals surface area contributed by atoms with Gasteiger partial charge in [0.05, 0.1) is 41.1 Å². The number of nitrogens with one attached hydrogen (secondary N) is 2. The second-order valence-electron chi connectivity index (χ2n) is 18.1. The lowest BCUT2D eigenvalue weighted by molar-refractivity contribution is -0.115. The zero-order valence-corrected chi connectivity index (χ0v) is 45.2. The number of aldehydes is 1. The summed E-state index contributed by atoms with van der Waals surface area (Å²) in [6.45, 7) is 1.51. The number of aliphatic hydroxyl groups is 1. The summed E-state index contributed by atoms with van der Waals surface area (Å²) in [5, 5.41) is 17.1. The van der Waals surface area contributed by atoms with Gasteiger partial charge in [0.2, 0.25) is 5.91 Å². The molecule has 0 saturated heterocycles. The topological polar surface area (TPSA) is 174 Å². The van der Waals surface area contributed by atoms with Crippen molar-refractivity contribution in [3.63, 3.8) is 0 Å². The Kier molecular flexibility index (Phi) is 22.9. The average Bonchev–Trinajstić information content (AvgIpc) is 4.52. The molecule has 2 amide bonds. The highest BCUT2D eigenvalue weighted by molar-refractivity contribution is 7.11. The monoisotopic (exact) mass is 1170 g/mol. The summed E-state index contributed by atoms with van der Waals surface area (Å²) in [6.07, 6.45) is 14.1. The van der Waals surface area contributed by atoms with Crippen LogP contribution in [-0.2, 0) is 29.1 Å². The average molecular weight is 1170 g/mol. The van der Waals surface area contributed by atoms with E-state index in [0.717, 1.165) is 77.4 Å². The fraction of sp³-hybridized carbons (Fsp3) is 0.159. The van der Waals surface area contributed by atoms with Crippen LogP contribution >= 0.6 is 22.7 Å². The van der Waals surface area contributed by atoms with Gasteiger partial charge in [-0.15, -0.1) is 22.7 Å². The van der Waals surface area contributed by atoms with Crippen molar-refractivity contribution >= 4 is 87.5 Å². The van der Waals surface area contributed by atoms with Crippen LogP contribution in [0.2, 0.25) is 0 Å². The molecule has 2 aliphatic heterocycles. The number of carbonyl (C=O) groups excluding carboxylic acids is 5. The molecule has 0 bridgehead atoms. The molecule has 0 radical (unpaired) electrons. The molecule has 0 unspecified atom stereocenters. The normalized spacial score (nSPS) is 12.5. The molecule has 8 aromatic rings. The van der Waals surface area contributed by atoms with Gasteiger partial charge in [-0.2, -0.15) is 0 Å². The molecule has 12 nitrogen and oxygen atoms in total. The third-order valence-corrected chi connectivity index (χ3v) is 13.8. The van der Waals surface area contributed by atoms with Crippen LogP contribution in [0.3, 0.4) is 0 Å². The maximum absolute atomic E-state index is 13.5. The third-order valence-electron chi connectivity index (χ3n) is 12.2. The minimum absolute atomic E-state index is 0. The smallest absolute Gasteiger partial charge is 0.261 e. The Hall–Kier alpha value is -9.11. The quantitative estimate of drug-likeness (QED) is 0.0282. The minimum Gasteiger partial charge on any atom is -0.397 e. The summed E-state index contributed by atoms with van der Waals surface area (Å²) >= 11 is 3.01. The number of halogens is 6. The molecule has 2 aliphatic rings. The Morgan fingerprint density at radius 3 is 1.54 bits per heavy atom. The molecule has 3 N–H and O–H groups in total. The minimum atomic E-state index is -1.58. The number of hydrogen-bond acceptors (Lipinski definition) is 10. The number of fused-ring (bicyclic) bond motifs is 2. The molecule has 83 heavy (non-hydrogen) atoms. The molecule has 0 aliphatic carbocycles. The maximum Gasteiger partial charge on any atom is 0.261 e. The number of rotatable bonds is 16. The lowest BCUT2D eigenvalue weighted by Crippen LogP contribution is -2.26. The number of amides is 2. The van der Waals surface area contributed by atoms with E-state index in [1.54, 1.807) is 24.3 Å². The number of ketones is 2. The summed E-state index contributed by atoms with van der Waals surface area (Å²) in [6, 6.07) is 27.8. The van der Waals surface area contributed by atoms with Crippen LogP contribution in [0.15, 0.2) is 154 Å². The van der Waals surface area contributed by atoms with E-state index in [2.05, 4.69) is 10.6 Å². The van der Waals surface area contributed by atoms with Crippen molar-refractivity contribution < 1.29 is 55.4 Å². The fourth-order valence-electron chi connectivity index (χ4n) is 8.34. The summed E-state index contributed by atoms with van der Waals surface area (Å²) in [5.41, 5.74) is 4.45. The molecule has 0 fully saturated rings. The second kappa shape index (κ2) is 30.1. The molecule has 0 atom stereocenters. The highest BCUT2D eigenvalue weighted by atomic mass is 32.1. The molecular formula is C63H54F6N4O8S2. The molecule has 0 saturated carbocycles. The van der Waals surface area contributed by atoms with E-state index in [1.165, 1.54) is 48.0 Å². The van der Waals surface area contributed by atoms with Gasteiger partial charge in [-0.3, -0.25) is 33.6 Å². The number of nitrogens with zero attached hydrogens (tertiary/aromatic N) is 2. The standard InChI is InChI=1S/C30H21F3N2O3S.C25H19F3N2O3.C5H4OS.C2H6O.CH4/c31-24-13-19(14-25(32)28(24)33)17-35-11-3-7-22(30(35)38)27(36)8-2-1-5-18-9-10-21-23(16-20-6-4-12-39-20)29(37)34-26(21)15-18;26-19-10-16(11-20(27)24(19)28)14-30-9-3-5-18(25(30)33)22(31)6-2-1-4-15-7-8-17-13-23(32)29-21(17)12-15;6-4-5-2-1-3-7-5;1-2-3;/h1,3-7,9-16H,2,8,17H2,(H,34,37);1,3-5,7-12H,2,6,13-14H2,(H,29,32);1-4H;3H,2H2,1H3;1H4/b5-1+,23-16-;4-1+;;;. The molecule has 20 heteroatoms. The van der Waals surface area contributed by atoms with E-state index in [1.807, 2.05) is 95.7 Å². The second-order valence-corrected chi connectivity index (χ2v) is 20.1. The van der Waals surface area contributed by atoms with Gasteiger partial charge < -0.3 is 24.9 Å². The lowest BCUT2D eigenvalue weighted by atomic mass is 10.0. The third kappa shape index (κ3) is 17.0. The van der Waals surface area contributed by atoms with Gasteiger partial charge in [-0.05, 0) is 137 Å². The van der Waals surface area contributed by atoms with Crippen molar-refractivity contribution in [2.75, 3.05) is 17.2 Å². The van der Waals surface area contributed by atoms with Crippen molar-refractivity contribution in [2.45, 2.75) is 59.5 Å². The van der Waals surface area contributed by atoms with E-state index in [0.29, 0.717) is 30.5 Å².